The zero-order valence-corrected chi connectivity index (χ0v) is 68.2. The van der Waals surface area contributed by atoms with Crippen LogP contribution in [0.3, 0.4) is 0 Å². The van der Waals surface area contributed by atoms with E-state index in [1.54, 1.807) is 32.9 Å². The van der Waals surface area contributed by atoms with Crippen LogP contribution in [0.2, 0.25) is 0 Å². The molecule has 2 saturated carbocycles. The van der Waals surface area contributed by atoms with Gasteiger partial charge in [0.25, 0.3) is 0 Å². The Kier molecular flexibility index (Phi) is 37.3. The predicted octanol–water partition coefficient (Wildman–Crippen LogP) is 4.62. The first-order chi connectivity index (χ1) is 49.6. The van der Waals surface area contributed by atoms with E-state index in [-0.39, 0.29) is 92.3 Å². The van der Waals surface area contributed by atoms with Gasteiger partial charge in [0.1, 0.15) is 60.4 Å². The molecule has 0 radical (unpaired) electrons. The first-order valence-corrected chi connectivity index (χ1v) is 39.4. The Morgan fingerprint density at radius 2 is 0.943 bits per heavy atom. The average Bonchev–Trinajstić information content (AvgIpc) is 0.821. The van der Waals surface area contributed by atoms with Crippen LogP contribution in [0, 0.1) is 53.3 Å². The third-order valence-corrected chi connectivity index (χ3v) is 22.0. The Morgan fingerprint density at radius 1 is 0.481 bits per heavy atom. The summed E-state index contributed by atoms with van der Waals surface area (Å²) in [6, 6.07) is -13.1. The van der Waals surface area contributed by atoms with Gasteiger partial charge < -0.3 is 76.0 Å². The molecule has 604 valence electrons. The van der Waals surface area contributed by atoms with Gasteiger partial charge in [-0.3, -0.25) is 62.3 Å². The first kappa shape index (κ1) is 91.4. The summed E-state index contributed by atoms with van der Waals surface area (Å²) in [5.41, 5.74) is 0. The molecule has 4 fully saturated rings. The molecule has 0 aromatic carbocycles. The maximum absolute atomic E-state index is 15.7. The second kappa shape index (κ2) is 43.3. The molecule has 4 aliphatic rings. The van der Waals surface area contributed by atoms with Gasteiger partial charge in [-0.1, -0.05) is 115 Å². The molecular formula is C78H137N13O15. The molecule has 106 heavy (non-hydrogen) atoms. The lowest BCUT2D eigenvalue weighted by molar-refractivity contribution is -0.151. The highest BCUT2D eigenvalue weighted by Crippen LogP contribution is 2.35. The molecule has 13 amide bonds. The van der Waals surface area contributed by atoms with E-state index in [1.807, 2.05) is 69.2 Å². The van der Waals surface area contributed by atoms with Crippen molar-refractivity contribution in [3.8, 4) is 0 Å². The highest BCUT2D eigenvalue weighted by Gasteiger charge is 2.45. The van der Waals surface area contributed by atoms with Gasteiger partial charge in [0, 0.05) is 69.5 Å². The third-order valence-electron chi connectivity index (χ3n) is 22.0. The summed E-state index contributed by atoms with van der Waals surface area (Å²) < 4.78 is 5.85. The highest BCUT2D eigenvalue weighted by molar-refractivity contribution is 6.00. The Hall–Kier alpha value is -6.97. The maximum atomic E-state index is 15.7. The number of amides is 13. The lowest BCUT2D eigenvalue weighted by Gasteiger charge is -2.38. The molecule has 28 heteroatoms. The minimum Gasteiger partial charge on any atom is -0.391 e. The van der Waals surface area contributed by atoms with E-state index >= 15 is 33.6 Å². The van der Waals surface area contributed by atoms with E-state index in [9.17, 15) is 33.9 Å². The third kappa shape index (κ3) is 26.7. The van der Waals surface area contributed by atoms with Crippen molar-refractivity contribution in [2.75, 3.05) is 76.1 Å². The number of likely N-dealkylation sites (N-methyl/N-ethyl adjacent to an activating group) is 6. The molecule has 0 aromatic rings. The zero-order chi connectivity index (χ0) is 79.9. The minimum atomic E-state index is -1.65. The number of carbonyl (C=O) groups excluding carboxylic acids is 13. The molecule has 4 rings (SSSR count). The summed E-state index contributed by atoms with van der Waals surface area (Å²) in [6.45, 7) is 23.5. The Morgan fingerprint density at radius 3 is 1.46 bits per heavy atom. The van der Waals surface area contributed by atoms with Crippen LogP contribution in [0.25, 0.3) is 0 Å². The lowest BCUT2D eigenvalue weighted by atomic mass is 9.77. The molecule has 7 N–H and O–H groups in total. The number of ether oxygens (including phenoxy) is 1. The molecule has 2 aliphatic carbocycles. The van der Waals surface area contributed by atoms with Gasteiger partial charge in [-0.2, -0.15) is 0 Å². The standard InChI is InChI=1S/C78H137N13O15/c1-45(2)36-56-74(101)87(17)60(39-48(7)8)72(99)84-67(51(13)92)77(104)85(15)44-65(94)86(16)58(37-46(3)4)69(96)80-55(33-31-53-30-32-54(68(95)79-14)63(42-53)106-21)73(100)90(20)62(40-49(9)10)76(103)88(18)59(38-47(5)6)70(97)82-57(75(102)91-34-26-23-27-35-91)43-64(93)83-66(50(11)12)78(105)89(19)61(71(98)81-56)41-52-28-24-22-25-29-52/h45-63,66-67,92H,22-44H2,1-21H3,(H,79,95)(H,80,96)(H,81,98)(H,82,97)(H,83,93)(H,84,99)/t51-,53?,54?,55+,56+,57+,58+,59+,60+,61+,62+,63?,66-,67+/m1/s1. The van der Waals surface area contributed by atoms with Crippen LogP contribution in [0.4, 0.5) is 0 Å². The smallest absolute Gasteiger partial charge is 0.248 e. The SMILES string of the molecule is CNC(=O)C1CCC(CC[C@@H]2NC(=O)[C@H](CC(C)C)N(C)C(=O)CN(C)C(=O)[C@H]([C@@H](C)O)NC(=O)[C@H](CC(C)C)N(C)C(=O)[C@H](CC(C)C)NC(=O)[C@H](CC3CCCCC3)N(C)C(=O)[C@@H](C(C)C)NC(=O)C[C@@H](C(=O)N3CCCCC3)NC(=O)[C@H](CC(C)C)N(C)C(=O)[C@H](CC(C)C)N(C)C2=O)CC1OC. The van der Waals surface area contributed by atoms with Crippen LogP contribution < -0.4 is 31.9 Å². The molecule has 14 atom stereocenters. The molecule has 28 nitrogen and oxygen atoms in total. The van der Waals surface area contributed by atoms with E-state index in [1.165, 1.54) is 73.7 Å². The van der Waals surface area contributed by atoms with Gasteiger partial charge in [0.15, 0.2) is 0 Å². The molecule has 2 heterocycles. The number of nitrogens with one attached hydrogen (secondary N) is 6. The van der Waals surface area contributed by atoms with E-state index in [0.29, 0.717) is 51.6 Å². The van der Waals surface area contributed by atoms with Gasteiger partial charge >= 0.3 is 0 Å². The van der Waals surface area contributed by atoms with E-state index in [2.05, 4.69) is 31.9 Å². The largest absolute Gasteiger partial charge is 0.391 e. The van der Waals surface area contributed by atoms with Gasteiger partial charge in [-0.15, -0.1) is 0 Å². The summed E-state index contributed by atoms with van der Waals surface area (Å²) in [5, 5.41) is 28.5. The van der Waals surface area contributed by atoms with Crippen molar-refractivity contribution in [3.05, 3.63) is 0 Å². The fourth-order valence-electron chi connectivity index (χ4n) is 15.6. The predicted molar refractivity (Wildman–Crippen MR) is 405 cm³/mol. The Balaban J connectivity index is 1.98. The number of methoxy groups -OCH3 is 1. The molecule has 0 bridgehead atoms. The lowest BCUT2D eigenvalue weighted by Crippen LogP contribution is -2.62. The van der Waals surface area contributed by atoms with Crippen LogP contribution in [0.1, 0.15) is 218 Å². The van der Waals surface area contributed by atoms with Gasteiger partial charge in [-0.05, 0) is 144 Å². The zero-order valence-electron chi connectivity index (χ0n) is 68.2. The van der Waals surface area contributed by atoms with Crippen molar-refractivity contribution in [2.45, 2.75) is 291 Å². The topological polar surface area (TPSA) is 346 Å². The van der Waals surface area contributed by atoms with Crippen molar-refractivity contribution >= 4 is 76.8 Å². The number of hydrogen-bond donors (Lipinski definition) is 7. The molecule has 2 aliphatic heterocycles. The summed E-state index contributed by atoms with van der Waals surface area (Å²) in [4.78, 5) is 203. The molecule has 3 unspecified atom stereocenters. The number of likely N-dealkylation sites (tertiary alicyclic amines) is 1. The quantitative estimate of drug-likeness (QED) is 0.0875. The van der Waals surface area contributed by atoms with Crippen molar-refractivity contribution in [2.24, 2.45) is 53.3 Å². The summed E-state index contributed by atoms with van der Waals surface area (Å²) >= 11 is 0. The fraction of sp³-hybridized carbons (Fsp3) is 0.833. The van der Waals surface area contributed by atoms with Crippen LogP contribution in [0.15, 0.2) is 0 Å². The van der Waals surface area contributed by atoms with Gasteiger partial charge in [0.2, 0.25) is 76.8 Å². The summed E-state index contributed by atoms with van der Waals surface area (Å²) in [6.07, 6.45) is 6.68. The van der Waals surface area contributed by atoms with E-state index < -0.39 is 168 Å². The monoisotopic (exact) mass is 1500 g/mol. The molecular weight excluding hydrogens is 1360 g/mol. The summed E-state index contributed by atoms with van der Waals surface area (Å²) in [7, 11) is 11.7. The van der Waals surface area contributed by atoms with Gasteiger partial charge in [-0.25, -0.2) is 0 Å². The maximum Gasteiger partial charge on any atom is 0.248 e. The van der Waals surface area contributed by atoms with Crippen molar-refractivity contribution in [1.29, 1.82) is 0 Å². The molecule has 2 saturated heterocycles. The van der Waals surface area contributed by atoms with E-state index in [0.717, 1.165) is 43.4 Å². The molecule has 0 spiro atoms. The van der Waals surface area contributed by atoms with Crippen LogP contribution in [-0.2, 0) is 67.1 Å². The second-order valence-electron chi connectivity index (χ2n) is 33.5. The van der Waals surface area contributed by atoms with Crippen molar-refractivity contribution < 1.29 is 72.2 Å². The van der Waals surface area contributed by atoms with Crippen LogP contribution in [-0.4, -0.2) is 265 Å². The number of carbonyl (C=O) groups is 13. The number of hydrogen-bond acceptors (Lipinski definition) is 15. The van der Waals surface area contributed by atoms with Crippen molar-refractivity contribution in [1.82, 2.24) is 66.2 Å². The number of nitrogens with zero attached hydrogens (tertiary/aromatic N) is 7. The van der Waals surface area contributed by atoms with Crippen LogP contribution in [0.5, 0.6) is 0 Å². The Labute approximate surface area is 632 Å². The molecule has 0 aromatic heterocycles. The van der Waals surface area contributed by atoms with Crippen LogP contribution >= 0.6 is 0 Å². The first-order valence-electron chi connectivity index (χ1n) is 39.4. The Bertz CT molecular complexity index is 2950. The van der Waals surface area contributed by atoms with E-state index in [4.69, 9.17) is 4.74 Å². The number of rotatable bonds is 20. The number of aliphatic hydroxyl groups is 1. The van der Waals surface area contributed by atoms with Gasteiger partial charge in [0.05, 0.1) is 31.1 Å². The average molecular weight is 1500 g/mol. The van der Waals surface area contributed by atoms with Crippen molar-refractivity contribution in [3.63, 3.8) is 0 Å². The number of piperidine rings is 1. The number of aliphatic hydroxyl groups excluding tert-OH is 1. The highest BCUT2D eigenvalue weighted by atomic mass is 16.5. The minimum absolute atomic E-state index is 0.0143. The summed E-state index contributed by atoms with van der Waals surface area (Å²) in [5.74, 6) is -10.6. The second-order valence-corrected chi connectivity index (χ2v) is 33.5. The normalized spacial score (nSPS) is 28.4. The fourth-order valence-corrected chi connectivity index (χ4v) is 15.6.